The zero-order valence-corrected chi connectivity index (χ0v) is 11.1. The van der Waals surface area contributed by atoms with Gasteiger partial charge >= 0.3 is 5.97 Å². The predicted octanol–water partition coefficient (Wildman–Crippen LogP) is 2.11. The van der Waals surface area contributed by atoms with Crippen LogP contribution in [0.5, 0.6) is 0 Å². The van der Waals surface area contributed by atoms with Crippen LogP contribution in [-0.2, 0) is 16.6 Å². The minimum atomic E-state index is -0.404. The van der Waals surface area contributed by atoms with E-state index in [1.807, 2.05) is 40.2 Å². The van der Waals surface area contributed by atoms with Crippen LogP contribution < -0.4 is 0 Å². The summed E-state index contributed by atoms with van der Waals surface area (Å²) in [7, 11) is 1.89. The number of carbonyl (C=O) groups excluding carboxylic acids is 1. The van der Waals surface area contributed by atoms with Crippen LogP contribution in [0.1, 0.15) is 39.2 Å². The number of carbonyl (C=O) groups is 1. The SMILES string of the molecule is CC1C(C(=O)OC(C)(C)C)C1c1cnn(C)c1. The van der Waals surface area contributed by atoms with E-state index >= 15 is 0 Å². The summed E-state index contributed by atoms with van der Waals surface area (Å²) in [4.78, 5) is 12.0. The number of hydrogen-bond acceptors (Lipinski definition) is 3. The van der Waals surface area contributed by atoms with E-state index in [2.05, 4.69) is 12.0 Å². The first-order chi connectivity index (χ1) is 7.79. The Morgan fingerprint density at radius 1 is 1.47 bits per heavy atom. The van der Waals surface area contributed by atoms with Gasteiger partial charge in [-0.2, -0.15) is 5.10 Å². The highest BCUT2D eigenvalue weighted by Gasteiger charge is 2.54. The van der Waals surface area contributed by atoms with E-state index in [1.165, 1.54) is 0 Å². The van der Waals surface area contributed by atoms with E-state index in [0.29, 0.717) is 5.92 Å². The van der Waals surface area contributed by atoms with Crippen LogP contribution in [0, 0.1) is 11.8 Å². The number of nitrogens with zero attached hydrogens (tertiary/aromatic N) is 2. The summed E-state index contributed by atoms with van der Waals surface area (Å²) in [5, 5.41) is 4.15. The number of hydrogen-bond donors (Lipinski definition) is 0. The van der Waals surface area contributed by atoms with Gasteiger partial charge in [0, 0.05) is 19.2 Å². The Hall–Kier alpha value is -1.32. The van der Waals surface area contributed by atoms with Gasteiger partial charge in [0.15, 0.2) is 0 Å². The average molecular weight is 236 g/mol. The number of rotatable bonds is 2. The highest BCUT2D eigenvalue weighted by molar-refractivity contribution is 5.78. The maximum Gasteiger partial charge on any atom is 0.310 e. The average Bonchev–Trinajstić information content (AvgIpc) is 2.62. The van der Waals surface area contributed by atoms with E-state index < -0.39 is 5.60 Å². The van der Waals surface area contributed by atoms with Crippen molar-refractivity contribution in [1.82, 2.24) is 9.78 Å². The van der Waals surface area contributed by atoms with E-state index in [4.69, 9.17) is 4.74 Å². The molecule has 2 rings (SSSR count). The molecule has 3 atom stereocenters. The lowest BCUT2D eigenvalue weighted by Crippen LogP contribution is -2.25. The molecular weight excluding hydrogens is 216 g/mol. The Balaban J connectivity index is 2.04. The van der Waals surface area contributed by atoms with Gasteiger partial charge in [0.1, 0.15) is 5.60 Å². The first-order valence-electron chi connectivity index (χ1n) is 6.01. The first kappa shape index (κ1) is 12.1. The molecule has 1 aromatic heterocycles. The highest BCUT2D eigenvalue weighted by Crippen LogP contribution is 2.54. The molecule has 0 saturated heterocycles. The summed E-state index contributed by atoms with van der Waals surface area (Å²) >= 11 is 0. The third kappa shape index (κ3) is 2.51. The Kier molecular flexibility index (Phi) is 2.76. The number of aryl methyl sites for hydroxylation is 1. The zero-order valence-electron chi connectivity index (χ0n) is 11.1. The zero-order chi connectivity index (χ0) is 12.8. The molecule has 1 aromatic rings. The Labute approximate surface area is 102 Å². The second-order valence-electron chi connectivity index (χ2n) is 5.89. The molecule has 1 fully saturated rings. The van der Waals surface area contributed by atoms with Gasteiger partial charge in [0.05, 0.1) is 12.1 Å². The van der Waals surface area contributed by atoms with Gasteiger partial charge in [-0.05, 0) is 32.3 Å². The quantitative estimate of drug-likeness (QED) is 0.739. The van der Waals surface area contributed by atoms with Crippen molar-refractivity contribution >= 4 is 5.97 Å². The van der Waals surface area contributed by atoms with Gasteiger partial charge in [-0.25, -0.2) is 0 Å². The maximum absolute atomic E-state index is 12.0. The largest absolute Gasteiger partial charge is 0.460 e. The molecule has 1 saturated carbocycles. The molecule has 1 aliphatic rings. The summed E-state index contributed by atoms with van der Waals surface area (Å²) in [5.41, 5.74) is 0.731. The summed E-state index contributed by atoms with van der Waals surface area (Å²) in [5.74, 6) is 0.546. The van der Waals surface area contributed by atoms with Crippen molar-refractivity contribution < 1.29 is 9.53 Å². The molecule has 1 aliphatic carbocycles. The second-order valence-corrected chi connectivity index (χ2v) is 5.89. The molecule has 3 unspecified atom stereocenters. The molecule has 17 heavy (non-hydrogen) atoms. The first-order valence-corrected chi connectivity index (χ1v) is 6.01. The molecule has 4 heteroatoms. The molecule has 1 heterocycles. The molecule has 0 aliphatic heterocycles. The van der Waals surface area contributed by atoms with E-state index in [0.717, 1.165) is 5.56 Å². The molecule has 0 spiro atoms. The number of ether oxygens (including phenoxy) is 1. The van der Waals surface area contributed by atoms with Crippen molar-refractivity contribution in [2.45, 2.75) is 39.2 Å². The monoisotopic (exact) mass is 236 g/mol. The predicted molar refractivity (Wildman–Crippen MR) is 64.4 cm³/mol. The van der Waals surface area contributed by atoms with Crippen molar-refractivity contribution in [3.05, 3.63) is 18.0 Å². The lowest BCUT2D eigenvalue weighted by Gasteiger charge is -2.19. The van der Waals surface area contributed by atoms with Gasteiger partial charge < -0.3 is 4.74 Å². The Morgan fingerprint density at radius 3 is 2.59 bits per heavy atom. The van der Waals surface area contributed by atoms with Gasteiger partial charge in [0.2, 0.25) is 0 Å². The Morgan fingerprint density at radius 2 is 2.12 bits per heavy atom. The van der Waals surface area contributed by atoms with Crippen molar-refractivity contribution in [1.29, 1.82) is 0 Å². The topological polar surface area (TPSA) is 44.1 Å². The van der Waals surface area contributed by atoms with Crippen molar-refractivity contribution in [2.75, 3.05) is 0 Å². The molecule has 0 bridgehead atoms. The van der Waals surface area contributed by atoms with Crippen LogP contribution in [0.15, 0.2) is 12.4 Å². The highest BCUT2D eigenvalue weighted by atomic mass is 16.6. The van der Waals surface area contributed by atoms with Crippen molar-refractivity contribution in [3.8, 4) is 0 Å². The summed E-state index contributed by atoms with van der Waals surface area (Å²) in [6.45, 7) is 7.79. The van der Waals surface area contributed by atoms with E-state index in [-0.39, 0.29) is 17.8 Å². The summed E-state index contributed by atoms with van der Waals surface area (Å²) < 4.78 is 7.19. The lowest BCUT2D eigenvalue weighted by atomic mass is 10.1. The van der Waals surface area contributed by atoms with Crippen LogP contribution in [-0.4, -0.2) is 21.4 Å². The maximum atomic E-state index is 12.0. The fourth-order valence-corrected chi connectivity index (χ4v) is 2.32. The minimum Gasteiger partial charge on any atom is -0.460 e. The van der Waals surface area contributed by atoms with Gasteiger partial charge in [-0.1, -0.05) is 6.92 Å². The van der Waals surface area contributed by atoms with Crippen LogP contribution >= 0.6 is 0 Å². The summed E-state index contributed by atoms with van der Waals surface area (Å²) in [6, 6.07) is 0. The molecule has 0 radical (unpaired) electrons. The molecule has 4 nitrogen and oxygen atoms in total. The van der Waals surface area contributed by atoms with Crippen molar-refractivity contribution in [3.63, 3.8) is 0 Å². The fraction of sp³-hybridized carbons (Fsp3) is 0.692. The normalized spacial score (nSPS) is 27.9. The van der Waals surface area contributed by atoms with Crippen molar-refractivity contribution in [2.24, 2.45) is 18.9 Å². The smallest absolute Gasteiger partial charge is 0.310 e. The fourth-order valence-electron chi connectivity index (χ4n) is 2.32. The number of esters is 1. The molecule has 0 amide bonds. The Bertz CT molecular complexity index is 431. The van der Waals surface area contributed by atoms with E-state index in [1.54, 1.807) is 4.68 Å². The summed E-state index contributed by atoms with van der Waals surface area (Å²) in [6.07, 6.45) is 3.82. The third-order valence-corrected chi connectivity index (χ3v) is 3.17. The van der Waals surface area contributed by atoms with Crippen LogP contribution in [0.4, 0.5) is 0 Å². The van der Waals surface area contributed by atoms with Crippen LogP contribution in [0.2, 0.25) is 0 Å². The molecule has 0 aromatic carbocycles. The molecular formula is C13H20N2O2. The van der Waals surface area contributed by atoms with E-state index in [9.17, 15) is 4.79 Å². The van der Waals surface area contributed by atoms with Crippen LogP contribution in [0.25, 0.3) is 0 Å². The molecule has 0 N–H and O–H groups in total. The van der Waals surface area contributed by atoms with Crippen LogP contribution in [0.3, 0.4) is 0 Å². The van der Waals surface area contributed by atoms with Gasteiger partial charge in [-0.3, -0.25) is 9.48 Å². The standard InChI is InChI=1S/C13H20N2O2/c1-8-10(9-6-14-15(5)7-9)11(8)12(16)17-13(2,3)4/h6-8,10-11H,1-5H3. The number of aromatic nitrogens is 2. The second kappa shape index (κ2) is 3.86. The third-order valence-electron chi connectivity index (χ3n) is 3.17. The lowest BCUT2D eigenvalue weighted by molar-refractivity contribution is -0.156. The van der Waals surface area contributed by atoms with Gasteiger partial charge in [-0.15, -0.1) is 0 Å². The molecule has 94 valence electrons. The van der Waals surface area contributed by atoms with Gasteiger partial charge in [0.25, 0.3) is 0 Å². The minimum absolute atomic E-state index is 0.00146.